The molecule has 258 valence electrons. The highest BCUT2D eigenvalue weighted by atomic mass is 16.3. The molecule has 0 aliphatic rings. The molecule has 10 aromatic rings. The Morgan fingerprint density at radius 3 is 1.33 bits per heavy atom. The summed E-state index contributed by atoms with van der Waals surface area (Å²) in [5.74, 6) is 2.42. The Kier molecular flexibility index (Phi) is 8.04. The molecule has 55 heavy (non-hydrogen) atoms. The van der Waals surface area contributed by atoms with Gasteiger partial charge in [-0.25, -0.2) is 24.9 Å². The van der Waals surface area contributed by atoms with Gasteiger partial charge in [0.1, 0.15) is 11.2 Å². The highest BCUT2D eigenvalue weighted by Gasteiger charge is 2.17. The van der Waals surface area contributed by atoms with Gasteiger partial charge in [-0.1, -0.05) is 146 Å². The minimum atomic E-state index is 0.566. The highest BCUT2D eigenvalue weighted by molar-refractivity contribution is 6.07. The van der Waals surface area contributed by atoms with Crippen LogP contribution in [0.3, 0.4) is 0 Å². The predicted molar refractivity (Wildman–Crippen MR) is 221 cm³/mol. The molecule has 0 spiro atoms. The fourth-order valence-corrected chi connectivity index (χ4v) is 6.96. The lowest BCUT2D eigenvalue weighted by Gasteiger charge is -2.10. The second-order valence-corrected chi connectivity index (χ2v) is 13.3. The molecule has 0 saturated heterocycles. The van der Waals surface area contributed by atoms with Crippen molar-refractivity contribution in [1.29, 1.82) is 0 Å². The van der Waals surface area contributed by atoms with Gasteiger partial charge in [0.25, 0.3) is 0 Å². The molecule has 10 rings (SSSR count). The zero-order valence-electron chi connectivity index (χ0n) is 29.5. The van der Waals surface area contributed by atoms with Crippen LogP contribution in [0.4, 0.5) is 0 Å². The Labute approximate surface area is 317 Å². The third-order valence-corrected chi connectivity index (χ3v) is 9.75. The molecule has 0 bridgehead atoms. The summed E-state index contributed by atoms with van der Waals surface area (Å²) in [5.41, 5.74) is 11.1. The number of fused-ring (bicyclic) bond motifs is 3. The van der Waals surface area contributed by atoms with E-state index in [1.807, 2.05) is 115 Å². The van der Waals surface area contributed by atoms with Crippen LogP contribution in [0, 0.1) is 0 Å². The molecule has 3 aromatic heterocycles. The Morgan fingerprint density at radius 2 is 0.709 bits per heavy atom. The van der Waals surface area contributed by atoms with Gasteiger partial charge in [0.05, 0.1) is 11.4 Å². The Hall–Kier alpha value is -7.57. The van der Waals surface area contributed by atoms with E-state index in [2.05, 4.69) is 72.8 Å². The zero-order chi connectivity index (χ0) is 36.6. The molecule has 0 aliphatic heterocycles. The number of hydrogen-bond donors (Lipinski definition) is 0. The third-order valence-electron chi connectivity index (χ3n) is 9.75. The number of aromatic nitrogens is 5. The monoisotopic (exact) mass is 705 g/mol. The van der Waals surface area contributed by atoms with E-state index in [4.69, 9.17) is 29.3 Å². The molecule has 0 N–H and O–H groups in total. The normalized spacial score (nSPS) is 11.3. The highest BCUT2D eigenvalue weighted by Crippen LogP contribution is 2.36. The number of rotatable bonds is 7. The predicted octanol–water partition coefficient (Wildman–Crippen LogP) is 12.2. The summed E-state index contributed by atoms with van der Waals surface area (Å²) in [6, 6.07) is 63.5. The van der Waals surface area contributed by atoms with Crippen molar-refractivity contribution < 1.29 is 4.42 Å². The van der Waals surface area contributed by atoms with E-state index in [1.165, 1.54) is 0 Å². The molecular weight excluding hydrogens is 675 g/mol. The Balaban J connectivity index is 1.07. The number of hydrogen-bond acceptors (Lipinski definition) is 6. The van der Waals surface area contributed by atoms with Crippen molar-refractivity contribution in [3.8, 4) is 79.2 Å². The van der Waals surface area contributed by atoms with Gasteiger partial charge in [-0.15, -0.1) is 0 Å². The van der Waals surface area contributed by atoms with Crippen LogP contribution < -0.4 is 0 Å². The number of furan rings is 1. The minimum Gasteiger partial charge on any atom is -0.456 e. The summed E-state index contributed by atoms with van der Waals surface area (Å²) in [6.07, 6.45) is 0. The van der Waals surface area contributed by atoms with Crippen molar-refractivity contribution in [2.75, 3.05) is 0 Å². The largest absolute Gasteiger partial charge is 0.456 e. The van der Waals surface area contributed by atoms with Crippen LogP contribution >= 0.6 is 0 Å². The standard InChI is InChI=1S/C49H31N5O/c1-5-14-32(15-6-1)36-22-13-23-37(28-36)48-52-46(35-20-11-4-12-21-35)53-49(54-48)39-24-26-40-41-29-38(25-27-44(41)55-45(40)30-39)47-50-42(33-16-7-2-8-17-33)31-43(51-47)34-18-9-3-10-19-34/h1-31H. The van der Waals surface area contributed by atoms with Crippen LogP contribution in [-0.2, 0) is 0 Å². The smallest absolute Gasteiger partial charge is 0.164 e. The van der Waals surface area contributed by atoms with E-state index in [1.54, 1.807) is 0 Å². The van der Waals surface area contributed by atoms with Gasteiger partial charge in [-0.3, -0.25) is 0 Å². The second kappa shape index (κ2) is 13.8. The van der Waals surface area contributed by atoms with Crippen LogP contribution in [0.15, 0.2) is 192 Å². The molecule has 6 heteroatoms. The van der Waals surface area contributed by atoms with E-state index >= 15 is 0 Å². The maximum Gasteiger partial charge on any atom is 0.164 e. The summed E-state index contributed by atoms with van der Waals surface area (Å²) >= 11 is 0. The maximum absolute atomic E-state index is 6.47. The Bertz CT molecular complexity index is 2910. The van der Waals surface area contributed by atoms with Crippen molar-refractivity contribution in [2.24, 2.45) is 0 Å². The average Bonchev–Trinajstić information content (AvgIpc) is 3.64. The van der Waals surface area contributed by atoms with Crippen LogP contribution in [0.2, 0.25) is 0 Å². The van der Waals surface area contributed by atoms with E-state index in [-0.39, 0.29) is 0 Å². The topological polar surface area (TPSA) is 77.6 Å². The molecule has 0 radical (unpaired) electrons. The molecule has 0 atom stereocenters. The molecule has 0 saturated carbocycles. The molecule has 7 aromatic carbocycles. The van der Waals surface area contributed by atoms with Crippen molar-refractivity contribution in [2.45, 2.75) is 0 Å². The maximum atomic E-state index is 6.47. The number of nitrogens with zero attached hydrogens (tertiary/aromatic N) is 5. The van der Waals surface area contributed by atoms with Gasteiger partial charge >= 0.3 is 0 Å². The quantitative estimate of drug-likeness (QED) is 0.164. The van der Waals surface area contributed by atoms with E-state index in [0.717, 1.165) is 77.8 Å². The van der Waals surface area contributed by atoms with E-state index in [0.29, 0.717) is 23.3 Å². The van der Waals surface area contributed by atoms with Gasteiger partial charge in [0.2, 0.25) is 0 Å². The van der Waals surface area contributed by atoms with Gasteiger partial charge in [-0.2, -0.15) is 0 Å². The van der Waals surface area contributed by atoms with Crippen LogP contribution in [0.25, 0.3) is 101 Å². The summed E-state index contributed by atoms with van der Waals surface area (Å²) in [6.45, 7) is 0. The molecule has 0 aliphatic carbocycles. The molecule has 0 unspecified atom stereocenters. The van der Waals surface area contributed by atoms with Crippen LogP contribution in [-0.4, -0.2) is 24.9 Å². The van der Waals surface area contributed by atoms with Crippen molar-refractivity contribution in [3.63, 3.8) is 0 Å². The summed E-state index contributed by atoms with van der Waals surface area (Å²) in [4.78, 5) is 25.1. The first-order chi connectivity index (χ1) is 27.2. The first-order valence-electron chi connectivity index (χ1n) is 18.2. The van der Waals surface area contributed by atoms with Gasteiger partial charge in [0, 0.05) is 44.2 Å². The SMILES string of the molecule is c1ccc(-c2cccc(-c3nc(-c4ccccc4)nc(-c4ccc5c(c4)oc4ccc(-c6nc(-c7ccccc7)cc(-c7ccccc7)n6)cc45)n3)c2)cc1. The fourth-order valence-electron chi connectivity index (χ4n) is 6.96. The van der Waals surface area contributed by atoms with Crippen LogP contribution in [0.1, 0.15) is 0 Å². The second-order valence-electron chi connectivity index (χ2n) is 13.3. The third kappa shape index (κ3) is 6.32. The van der Waals surface area contributed by atoms with E-state index in [9.17, 15) is 0 Å². The van der Waals surface area contributed by atoms with Crippen molar-refractivity contribution in [3.05, 3.63) is 188 Å². The summed E-state index contributed by atoms with van der Waals surface area (Å²) in [5, 5.41) is 1.96. The van der Waals surface area contributed by atoms with Gasteiger partial charge in [0.15, 0.2) is 23.3 Å². The lowest BCUT2D eigenvalue weighted by Crippen LogP contribution is -2.00. The lowest BCUT2D eigenvalue weighted by molar-refractivity contribution is 0.669. The summed E-state index contributed by atoms with van der Waals surface area (Å²) in [7, 11) is 0. The van der Waals surface area contributed by atoms with Crippen molar-refractivity contribution >= 4 is 21.9 Å². The van der Waals surface area contributed by atoms with E-state index < -0.39 is 0 Å². The van der Waals surface area contributed by atoms with Gasteiger partial charge in [-0.05, 0) is 53.6 Å². The Morgan fingerprint density at radius 1 is 0.255 bits per heavy atom. The lowest BCUT2D eigenvalue weighted by atomic mass is 10.0. The zero-order valence-corrected chi connectivity index (χ0v) is 29.5. The molecule has 0 fully saturated rings. The average molecular weight is 706 g/mol. The number of benzene rings is 7. The van der Waals surface area contributed by atoms with Gasteiger partial charge < -0.3 is 4.42 Å². The molecule has 6 nitrogen and oxygen atoms in total. The van der Waals surface area contributed by atoms with Crippen molar-refractivity contribution in [1.82, 2.24) is 24.9 Å². The molecule has 0 amide bonds. The minimum absolute atomic E-state index is 0.566. The molecular formula is C49H31N5O. The summed E-state index contributed by atoms with van der Waals surface area (Å²) < 4.78 is 6.47. The molecule has 3 heterocycles. The fraction of sp³-hybridized carbons (Fsp3) is 0. The first kappa shape index (κ1) is 32.1. The first-order valence-corrected chi connectivity index (χ1v) is 18.2. The van der Waals surface area contributed by atoms with Crippen LogP contribution in [0.5, 0.6) is 0 Å².